The fourth-order valence-electron chi connectivity index (χ4n) is 3.36. The highest BCUT2D eigenvalue weighted by Crippen LogP contribution is 2.29. The second-order valence-corrected chi connectivity index (χ2v) is 5.91. The Balaban J connectivity index is 1.87. The molecule has 3 aromatic carbocycles. The molecule has 3 nitrogen and oxygen atoms in total. The minimum Gasteiger partial charge on any atom is -0.329 e. The zero-order valence-corrected chi connectivity index (χ0v) is 12.5. The average molecular weight is 290 g/mol. The maximum Gasteiger partial charge on any atom is 0.237 e. The fourth-order valence-corrected chi connectivity index (χ4v) is 3.36. The van der Waals surface area contributed by atoms with Gasteiger partial charge in [0.15, 0.2) is 0 Å². The van der Waals surface area contributed by atoms with Gasteiger partial charge in [0.25, 0.3) is 0 Å². The third-order valence-corrected chi connectivity index (χ3v) is 4.62. The molecule has 1 atom stereocenters. The van der Waals surface area contributed by atoms with Crippen molar-refractivity contribution in [2.45, 2.75) is 12.6 Å². The number of amides is 1. The van der Waals surface area contributed by atoms with Gasteiger partial charge in [-0.15, -0.1) is 0 Å². The maximum atomic E-state index is 11.7. The van der Waals surface area contributed by atoms with Gasteiger partial charge in [0, 0.05) is 13.5 Å². The summed E-state index contributed by atoms with van der Waals surface area (Å²) in [5.41, 5.74) is 1.29. The molecule has 0 aliphatic carbocycles. The van der Waals surface area contributed by atoms with E-state index in [1.807, 2.05) is 11.9 Å². The highest BCUT2D eigenvalue weighted by Gasteiger charge is 2.27. The minimum absolute atomic E-state index is 0.0806. The average Bonchev–Trinajstić information content (AvgIpc) is 2.87. The number of hydrogen-bond donors (Lipinski definition) is 1. The van der Waals surface area contributed by atoms with Crippen molar-refractivity contribution in [3.8, 4) is 0 Å². The van der Waals surface area contributed by atoms with Gasteiger partial charge < -0.3 is 4.90 Å². The molecule has 1 aliphatic rings. The van der Waals surface area contributed by atoms with E-state index in [-0.39, 0.29) is 12.1 Å². The summed E-state index contributed by atoms with van der Waals surface area (Å²) in [7, 11) is 1.87. The van der Waals surface area contributed by atoms with Crippen molar-refractivity contribution in [3.63, 3.8) is 0 Å². The normalized spacial score (nSPS) is 18.5. The van der Waals surface area contributed by atoms with Gasteiger partial charge in [-0.3, -0.25) is 10.1 Å². The van der Waals surface area contributed by atoms with Crippen LogP contribution in [0.15, 0.2) is 54.6 Å². The van der Waals surface area contributed by atoms with Crippen molar-refractivity contribution in [2.75, 3.05) is 13.6 Å². The molecule has 1 amide bonds. The molecule has 0 saturated carbocycles. The summed E-state index contributed by atoms with van der Waals surface area (Å²) in [5, 5.41) is 8.38. The van der Waals surface area contributed by atoms with E-state index >= 15 is 0 Å². The van der Waals surface area contributed by atoms with Gasteiger partial charge in [-0.05, 0) is 27.1 Å². The number of fused-ring (bicyclic) bond motifs is 3. The van der Waals surface area contributed by atoms with Crippen LogP contribution < -0.4 is 5.32 Å². The lowest BCUT2D eigenvalue weighted by atomic mass is 9.95. The summed E-state index contributed by atoms with van der Waals surface area (Å²) < 4.78 is 0. The number of likely N-dealkylation sites (N-methyl/N-ethyl adjacent to an activating group) is 1. The van der Waals surface area contributed by atoms with E-state index in [0.29, 0.717) is 6.54 Å². The molecular weight excluding hydrogens is 272 g/mol. The van der Waals surface area contributed by atoms with Gasteiger partial charge in [0.05, 0.1) is 12.7 Å². The first-order valence-corrected chi connectivity index (χ1v) is 7.62. The summed E-state index contributed by atoms with van der Waals surface area (Å²) >= 11 is 0. The van der Waals surface area contributed by atoms with Crippen LogP contribution in [0.2, 0.25) is 0 Å². The number of nitrogens with zero attached hydrogens (tertiary/aromatic N) is 1. The molecule has 1 unspecified atom stereocenters. The summed E-state index contributed by atoms with van der Waals surface area (Å²) in [6.07, 6.45) is 0.908. The van der Waals surface area contributed by atoms with Crippen LogP contribution in [-0.2, 0) is 11.2 Å². The molecule has 1 saturated heterocycles. The Morgan fingerprint density at radius 2 is 1.73 bits per heavy atom. The highest BCUT2D eigenvalue weighted by molar-refractivity contribution is 6.08. The van der Waals surface area contributed by atoms with E-state index in [4.69, 9.17) is 0 Å². The number of carbonyl (C=O) groups excluding carboxylic acids is 1. The molecule has 0 radical (unpaired) electrons. The highest BCUT2D eigenvalue weighted by atomic mass is 16.2. The molecule has 0 aromatic heterocycles. The first-order valence-electron chi connectivity index (χ1n) is 7.62. The molecule has 0 spiro atoms. The molecule has 1 heterocycles. The van der Waals surface area contributed by atoms with Gasteiger partial charge in [0.1, 0.15) is 0 Å². The molecule has 1 N–H and O–H groups in total. The lowest BCUT2D eigenvalue weighted by molar-refractivity contribution is -0.126. The van der Waals surface area contributed by atoms with Crippen molar-refractivity contribution in [2.24, 2.45) is 0 Å². The van der Waals surface area contributed by atoms with Crippen LogP contribution >= 0.6 is 0 Å². The topological polar surface area (TPSA) is 32.3 Å². The molecule has 110 valence electrons. The van der Waals surface area contributed by atoms with Crippen LogP contribution in [0.5, 0.6) is 0 Å². The first kappa shape index (κ1) is 13.3. The van der Waals surface area contributed by atoms with E-state index in [2.05, 4.69) is 59.9 Å². The monoisotopic (exact) mass is 290 g/mol. The minimum atomic E-state index is 0.0806. The summed E-state index contributed by atoms with van der Waals surface area (Å²) in [5.74, 6) is 0.162. The number of nitrogens with one attached hydrogen (secondary N) is 1. The van der Waals surface area contributed by atoms with Crippen LogP contribution in [0.1, 0.15) is 5.56 Å². The quantitative estimate of drug-likeness (QED) is 0.736. The number of benzene rings is 3. The van der Waals surface area contributed by atoms with Crippen molar-refractivity contribution in [1.29, 1.82) is 0 Å². The maximum absolute atomic E-state index is 11.7. The molecule has 4 rings (SSSR count). The van der Waals surface area contributed by atoms with Gasteiger partial charge in [0.2, 0.25) is 5.91 Å². The van der Waals surface area contributed by atoms with E-state index in [1.54, 1.807) is 0 Å². The van der Waals surface area contributed by atoms with Crippen LogP contribution in [0.3, 0.4) is 0 Å². The molecule has 3 aromatic rings. The van der Waals surface area contributed by atoms with Crippen LogP contribution in [0, 0.1) is 0 Å². The number of carbonyl (C=O) groups is 1. The Kier molecular flexibility index (Phi) is 3.09. The van der Waals surface area contributed by atoms with Gasteiger partial charge in [-0.1, -0.05) is 54.6 Å². The summed E-state index contributed by atoms with van der Waals surface area (Å²) in [4.78, 5) is 13.5. The predicted molar refractivity (Wildman–Crippen MR) is 89.7 cm³/mol. The zero-order valence-electron chi connectivity index (χ0n) is 12.5. The predicted octanol–water partition coefficient (Wildman–Crippen LogP) is 2.92. The Morgan fingerprint density at radius 3 is 2.45 bits per heavy atom. The second-order valence-electron chi connectivity index (χ2n) is 5.91. The first-order chi connectivity index (χ1) is 10.7. The van der Waals surface area contributed by atoms with Gasteiger partial charge in [-0.2, -0.15) is 0 Å². The smallest absolute Gasteiger partial charge is 0.237 e. The van der Waals surface area contributed by atoms with E-state index in [1.165, 1.54) is 27.1 Å². The Hall–Kier alpha value is -2.39. The standard InChI is InChI=1S/C19H18N2O/c1-21-18(20-12-19(21)22)11-14-10-13-6-2-3-7-15(13)17-9-5-4-8-16(14)17/h2-10,18,20H,11-12H2,1H3. The SMILES string of the molecule is CN1C(=O)CNC1Cc1cc2ccccc2c2ccccc12. The largest absolute Gasteiger partial charge is 0.329 e. The summed E-state index contributed by atoms with van der Waals surface area (Å²) in [6, 6.07) is 19.3. The lowest BCUT2D eigenvalue weighted by Crippen LogP contribution is -2.36. The van der Waals surface area contributed by atoms with E-state index in [9.17, 15) is 4.79 Å². The lowest BCUT2D eigenvalue weighted by Gasteiger charge is -2.21. The van der Waals surface area contributed by atoms with Crippen molar-refractivity contribution in [3.05, 3.63) is 60.2 Å². The molecule has 1 fully saturated rings. The van der Waals surface area contributed by atoms with Crippen molar-refractivity contribution >= 4 is 27.5 Å². The molecule has 0 bridgehead atoms. The Bertz CT molecular complexity index is 872. The fraction of sp³-hybridized carbons (Fsp3) is 0.211. The van der Waals surface area contributed by atoms with Gasteiger partial charge >= 0.3 is 0 Å². The van der Waals surface area contributed by atoms with Gasteiger partial charge in [-0.25, -0.2) is 0 Å². The van der Waals surface area contributed by atoms with Crippen LogP contribution in [0.25, 0.3) is 21.5 Å². The van der Waals surface area contributed by atoms with Crippen molar-refractivity contribution < 1.29 is 4.79 Å². The Morgan fingerprint density at radius 1 is 1.05 bits per heavy atom. The van der Waals surface area contributed by atoms with Crippen molar-refractivity contribution in [1.82, 2.24) is 10.2 Å². The zero-order chi connectivity index (χ0) is 15.1. The van der Waals surface area contributed by atoms with E-state index < -0.39 is 0 Å². The van der Waals surface area contributed by atoms with Crippen LogP contribution in [-0.4, -0.2) is 30.6 Å². The molecule has 1 aliphatic heterocycles. The second kappa shape index (κ2) is 5.11. The molecule has 22 heavy (non-hydrogen) atoms. The van der Waals surface area contributed by atoms with E-state index in [0.717, 1.165) is 6.42 Å². The summed E-state index contributed by atoms with van der Waals surface area (Å²) in [6.45, 7) is 0.437. The third-order valence-electron chi connectivity index (χ3n) is 4.62. The molecule has 3 heteroatoms. The van der Waals surface area contributed by atoms with Crippen LogP contribution in [0.4, 0.5) is 0 Å². The molecular formula is C19H18N2O. The third kappa shape index (κ3) is 2.06. The number of rotatable bonds is 2. The Labute approximate surface area is 129 Å². The number of hydrogen-bond acceptors (Lipinski definition) is 2.